The van der Waals surface area contributed by atoms with Gasteiger partial charge in [0.25, 0.3) is 5.69 Å². The fourth-order valence-electron chi connectivity index (χ4n) is 2.02. The number of nitro groups is 1. The average Bonchev–Trinajstić information content (AvgIpc) is 2.64. The first-order chi connectivity index (χ1) is 12.1. The molecule has 0 bridgehead atoms. The predicted molar refractivity (Wildman–Crippen MR) is 91.7 cm³/mol. The monoisotopic (exact) mass is 337 g/mol. The van der Waals surface area contributed by atoms with Crippen molar-refractivity contribution in [2.75, 3.05) is 5.43 Å². The fourth-order valence-corrected chi connectivity index (χ4v) is 2.02. The van der Waals surface area contributed by atoms with Gasteiger partial charge in [-0.3, -0.25) is 10.1 Å². The molecule has 7 nitrogen and oxygen atoms in total. The maximum Gasteiger partial charge on any atom is 0.269 e. The van der Waals surface area contributed by atoms with E-state index in [1.807, 2.05) is 0 Å². The van der Waals surface area contributed by atoms with E-state index in [1.54, 1.807) is 36.7 Å². The highest BCUT2D eigenvalue weighted by Gasteiger charge is 2.06. The number of hydrogen-bond donors (Lipinski definition) is 1. The number of benzene rings is 2. The van der Waals surface area contributed by atoms with E-state index < -0.39 is 4.92 Å². The summed E-state index contributed by atoms with van der Waals surface area (Å²) in [6.07, 6.45) is 4.70. The molecule has 0 amide bonds. The molecule has 0 fully saturated rings. The van der Waals surface area contributed by atoms with Crippen molar-refractivity contribution in [3.8, 4) is 11.1 Å². The summed E-state index contributed by atoms with van der Waals surface area (Å²) in [5.74, 6) is -0.0145. The number of rotatable bonds is 5. The number of nitro benzene ring substituents is 1. The normalized spacial score (nSPS) is 10.8. The van der Waals surface area contributed by atoms with E-state index in [9.17, 15) is 14.5 Å². The molecule has 8 heteroatoms. The molecular formula is C17H12FN5O2. The molecule has 0 atom stereocenters. The van der Waals surface area contributed by atoms with Gasteiger partial charge in [0.05, 0.1) is 11.1 Å². The van der Waals surface area contributed by atoms with Gasteiger partial charge in [0.15, 0.2) is 0 Å². The van der Waals surface area contributed by atoms with E-state index >= 15 is 0 Å². The van der Waals surface area contributed by atoms with Crippen molar-refractivity contribution in [1.82, 2.24) is 9.97 Å². The highest BCUT2D eigenvalue weighted by atomic mass is 19.1. The van der Waals surface area contributed by atoms with E-state index in [1.165, 1.54) is 30.5 Å². The number of nitrogens with one attached hydrogen (secondary N) is 1. The Balaban J connectivity index is 1.65. The average molecular weight is 337 g/mol. The van der Waals surface area contributed by atoms with E-state index in [0.29, 0.717) is 5.95 Å². The lowest BCUT2D eigenvalue weighted by Crippen LogP contribution is -1.97. The maximum absolute atomic E-state index is 12.8. The molecule has 3 rings (SSSR count). The van der Waals surface area contributed by atoms with Gasteiger partial charge in [-0.2, -0.15) is 5.10 Å². The van der Waals surface area contributed by atoms with Crippen LogP contribution in [0.15, 0.2) is 66.0 Å². The number of nitrogens with zero attached hydrogens (tertiary/aromatic N) is 4. The van der Waals surface area contributed by atoms with E-state index in [0.717, 1.165) is 16.7 Å². The Kier molecular flexibility index (Phi) is 4.70. The van der Waals surface area contributed by atoms with Gasteiger partial charge in [0.2, 0.25) is 5.95 Å². The summed E-state index contributed by atoms with van der Waals surface area (Å²) in [4.78, 5) is 18.5. The van der Waals surface area contributed by atoms with Gasteiger partial charge in [0, 0.05) is 30.1 Å². The Morgan fingerprint density at radius 2 is 1.64 bits per heavy atom. The Hall–Kier alpha value is -3.68. The second-order valence-corrected chi connectivity index (χ2v) is 5.02. The van der Waals surface area contributed by atoms with Crippen LogP contribution in [0, 0.1) is 15.9 Å². The minimum Gasteiger partial charge on any atom is -0.258 e. The van der Waals surface area contributed by atoms with Crippen LogP contribution in [0.2, 0.25) is 0 Å². The first kappa shape index (κ1) is 16.2. The summed E-state index contributed by atoms with van der Waals surface area (Å²) in [6.45, 7) is 0. The van der Waals surface area contributed by atoms with Crippen LogP contribution in [0.25, 0.3) is 11.1 Å². The zero-order chi connectivity index (χ0) is 17.6. The van der Waals surface area contributed by atoms with Crippen molar-refractivity contribution in [2.45, 2.75) is 0 Å². The lowest BCUT2D eigenvalue weighted by atomic mass is 10.1. The van der Waals surface area contributed by atoms with Crippen molar-refractivity contribution in [3.05, 3.63) is 82.4 Å². The Labute approximate surface area is 142 Å². The topological polar surface area (TPSA) is 93.3 Å². The molecule has 0 aliphatic carbocycles. The third-order valence-corrected chi connectivity index (χ3v) is 3.31. The summed E-state index contributed by atoms with van der Waals surface area (Å²) in [5, 5.41) is 14.6. The molecule has 1 N–H and O–H groups in total. The van der Waals surface area contributed by atoms with Gasteiger partial charge in [-0.15, -0.1) is 0 Å². The minimum atomic E-state index is -0.452. The van der Waals surface area contributed by atoms with Gasteiger partial charge in [-0.1, -0.05) is 12.1 Å². The molecule has 0 saturated carbocycles. The number of halogens is 1. The van der Waals surface area contributed by atoms with Crippen LogP contribution in [0.5, 0.6) is 0 Å². The largest absolute Gasteiger partial charge is 0.269 e. The predicted octanol–water partition coefficient (Wildman–Crippen LogP) is 3.64. The third kappa shape index (κ3) is 4.20. The molecule has 25 heavy (non-hydrogen) atoms. The molecule has 0 aliphatic heterocycles. The summed E-state index contributed by atoms with van der Waals surface area (Å²) >= 11 is 0. The quantitative estimate of drug-likeness (QED) is 0.436. The van der Waals surface area contributed by atoms with Gasteiger partial charge in [-0.25, -0.2) is 19.8 Å². The van der Waals surface area contributed by atoms with Gasteiger partial charge < -0.3 is 0 Å². The molecule has 0 radical (unpaired) electrons. The second kappa shape index (κ2) is 7.26. The molecule has 0 unspecified atom stereocenters. The maximum atomic E-state index is 12.8. The zero-order valence-corrected chi connectivity index (χ0v) is 12.8. The van der Waals surface area contributed by atoms with Crippen LogP contribution < -0.4 is 5.43 Å². The van der Waals surface area contributed by atoms with E-state index in [4.69, 9.17) is 0 Å². The van der Waals surface area contributed by atoms with E-state index in [2.05, 4.69) is 20.5 Å². The Bertz CT molecular complexity index is 894. The van der Waals surface area contributed by atoms with E-state index in [-0.39, 0.29) is 11.5 Å². The molecule has 1 heterocycles. The number of hydrazone groups is 1. The van der Waals surface area contributed by atoms with Crippen molar-refractivity contribution < 1.29 is 9.31 Å². The standard InChI is InChI=1S/C17H12FN5O2/c18-15-5-1-12(2-6-15)9-21-22-17-19-10-14(11-20-17)13-3-7-16(8-4-13)23(24)25/h1-11H,(H,19,20,22)/b21-9+. The zero-order valence-electron chi connectivity index (χ0n) is 12.8. The van der Waals surface area contributed by atoms with Crippen LogP contribution in [0.1, 0.15) is 5.56 Å². The SMILES string of the molecule is O=[N+]([O-])c1ccc(-c2cnc(N/N=C/c3ccc(F)cc3)nc2)cc1. The Morgan fingerprint density at radius 3 is 2.24 bits per heavy atom. The van der Waals surface area contributed by atoms with Crippen LogP contribution in [-0.2, 0) is 0 Å². The van der Waals surface area contributed by atoms with Gasteiger partial charge in [-0.05, 0) is 35.4 Å². The third-order valence-electron chi connectivity index (χ3n) is 3.31. The van der Waals surface area contributed by atoms with Crippen LogP contribution in [-0.4, -0.2) is 21.1 Å². The molecular weight excluding hydrogens is 325 g/mol. The van der Waals surface area contributed by atoms with Crippen LogP contribution in [0.4, 0.5) is 16.0 Å². The van der Waals surface area contributed by atoms with Crippen molar-refractivity contribution >= 4 is 17.9 Å². The summed E-state index contributed by atoms with van der Waals surface area (Å²) in [7, 11) is 0. The second-order valence-electron chi connectivity index (χ2n) is 5.02. The Morgan fingerprint density at radius 1 is 1.00 bits per heavy atom. The molecule has 124 valence electrons. The number of aromatic nitrogens is 2. The molecule has 0 saturated heterocycles. The van der Waals surface area contributed by atoms with Gasteiger partial charge >= 0.3 is 0 Å². The van der Waals surface area contributed by atoms with Crippen molar-refractivity contribution in [1.29, 1.82) is 0 Å². The molecule has 1 aromatic heterocycles. The van der Waals surface area contributed by atoms with Crippen molar-refractivity contribution in [2.24, 2.45) is 5.10 Å². The molecule has 3 aromatic rings. The number of non-ortho nitro benzene ring substituents is 1. The summed E-state index contributed by atoms with van der Waals surface area (Å²) in [6, 6.07) is 12.0. The molecule has 0 spiro atoms. The van der Waals surface area contributed by atoms with Crippen LogP contribution >= 0.6 is 0 Å². The van der Waals surface area contributed by atoms with Crippen molar-refractivity contribution in [3.63, 3.8) is 0 Å². The highest BCUT2D eigenvalue weighted by Crippen LogP contribution is 2.21. The highest BCUT2D eigenvalue weighted by molar-refractivity contribution is 5.79. The first-order valence-corrected chi connectivity index (χ1v) is 7.23. The fraction of sp³-hybridized carbons (Fsp3) is 0. The lowest BCUT2D eigenvalue weighted by molar-refractivity contribution is -0.384. The number of anilines is 1. The molecule has 0 aliphatic rings. The minimum absolute atomic E-state index is 0.0260. The van der Waals surface area contributed by atoms with Gasteiger partial charge in [0.1, 0.15) is 5.82 Å². The first-order valence-electron chi connectivity index (χ1n) is 7.23. The summed E-state index contributed by atoms with van der Waals surface area (Å²) < 4.78 is 12.8. The smallest absolute Gasteiger partial charge is 0.258 e. The molecule has 2 aromatic carbocycles. The lowest BCUT2D eigenvalue weighted by Gasteiger charge is -2.02. The number of hydrogen-bond acceptors (Lipinski definition) is 6. The van der Waals surface area contributed by atoms with Crippen LogP contribution in [0.3, 0.4) is 0 Å². The summed E-state index contributed by atoms with van der Waals surface area (Å²) in [5.41, 5.74) is 4.93.